The molecule has 0 unspecified atom stereocenters. The van der Waals surface area contributed by atoms with Crippen molar-refractivity contribution in [2.45, 2.75) is 6.54 Å². The summed E-state index contributed by atoms with van der Waals surface area (Å²) in [5.41, 5.74) is 1.26. The Balaban J connectivity index is 1.84. The molecule has 0 atom stereocenters. The number of thioether (sulfide) groups is 1. The van der Waals surface area contributed by atoms with Gasteiger partial charge < -0.3 is 9.84 Å². The van der Waals surface area contributed by atoms with E-state index in [0.29, 0.717) is 21.2 Å². The molecule has 8 heteroatoms. The van der Waals surface area contributed by atoms with Gasteiger partial charge in [-0.25, -0.2) is 0 Å². The highest BCUT2D eigenvalue weighted by Crippen LogP contribution is 2.35. The smallest absolute Gasteiger partial charge is 0.293 e. The minimum atomic E-state index is -0.405. The van der Waals surface area contributed by atoms with Crippen molar-refractivity contribution in [2.24, 2.45) is 0 Å². The van der Waals surface area contributed by atoms with Crippen LogP contribution >= 0.6 is 35.0 Å². The van der Waals surface area contributed by atoms with E-state index >= 15 is 0 Å². The van der Waals surface area contributed by atoms with Crippen LogP contribution in [0.3, 0.4) is 0 Å². The zero-order valence-corrected chi connectivity index (χ0v) is 15.9. The number of rotatable bonds is 4. The van der Waals surface area contributed by atoms with Gasteiger partial charge in [-0.15, -0.1) is 0 Å². The van der Waals surface area contributed by atoms with Crippen LogP contribution < -0.4 is 4.74 Å². The molecule has 5 nitrogen and oxygen atoms in total. The van der Waals surface area contributed by atoms with Crippen molar-refractivity contribution in [2.75, 3.05) is 7.11 Å². The lowest BCUT2D eigenvalue weighted by atomic mass is 10.1. The van der Waals surface area contributed by atoms with Gasteiger partial charge >= 0.3 is 0 Å². The number of phenols is 1. The van der Waals surface area contributed by atoms with Gasteiger partial charge in [0.05, 0.1) is 18.6 Å². The van der Waals surface area contributed by atoms with Crippen molar-refractivity contribution in [3.8, 4) is 11.5 Å². The lowest BCUT2D eigenvalue weighted by Gasteiger charge is -2.13. The highest BCUT2D eigenvalue weighted by molar-refractivity contribution is 8.18. The van der Waals surface area contributed by atoms with Crippen molar-refractivity contribution in [1.82, 2.24) is 4.90 Å². The van der Waals surface area contributed by atoms with Crippen LogP contribution in [0.5, 0.6) is 11.5 Å². The molecule has 1 aliphatic rings. The first-order valence-corrected chi connectivity index (χ1v) is 9.02. The fraction of sp³-hybridized carbons (Fsp3) is 0.111. The van der Waals surface area contributed by atoms with Crippen LogP contribution in [0.15, 0.2) is 41.3 Å². The Morgan fingerprint density at radius 2 is 1.96 bits per heavy atom. The predicted molar refractivity (Wildman–Crippen MR) is 103 cm³/mol. The standard InChI is InChI=1S/C18H13Cl2NO4S/c1-25-15-6-10(2-5-14(15)22)7-16-17(23)21(18(24)26-16)9-11-3-4-12(19)8-13(11)20/h2-8,22H,9H2,1H3/b16-7+. The van der Waals surface area contributed by atoms with Gasteiger partial charge in [-0.3, -0.25) is 14.5 Å². The summed E-state index contributed by atoms with van der Waals surface area (Å²) in [5, 5.41) is 10.1. The molecule has 0 aliphatic carbocycles. The average Bonchev–Trinajstić information content (AvgIpc) is 2.86. The summed E-state index contributed by atoms with van der Waals surface area (Å²) in [6.07, 6.45) is 1.58. The molecule has 1 saturated heterocycles. The van der Waals surface area contributed by atoms with E-state index in [9.17, 15) is 14.7 Å². The molecule has 134 valence electrons. The summed E-state index contributed by atoms with van der Waals surface area (Å²) in [7, 11) is 1.43. The quantitative estimate of drug-likeness (QED) is 0.723. The van der Waals surface area contributed by atoms with Crippen molar-refractivity contribution in [3.05, 3.63) is 62.5 Å². The average molecular weight is 410 g/mol. The van der Waals surface area contributed by atoms with Gasteiger partial charge in [-0.1, -0.05) is 35.3 Å². The van der Waals surface area contributed by atoms with Crippen molar-refractivity contribution < 1.29 is 19.4 Å². The number of nitrogens with zero attached hydrogens (tertiary/aromatic N) is 1. The molecule has 3 rings (SSSR count). The van der Waals surface area contributed by atoms with E-state index in [4.69, 9.17) is 27.9 Å². The highest BCUT2D eigenvalue weighted by atomic mass is 35.5. The van der Waals surface area contributed by atoms with E-state index in [2.05, 4.69) is 0 Å². The molecule has 0 aromatic heterocycles. The Labute approximate surface area is 164 Å². The maximum Gasteiger partial charge on any atom is 0.293 e. The lowest BCUT2D eigenvalue weighted by Crippen LogP contribution is -2.27. The number of methoxy groups -OCH3 is 1. The van der Waals surface area contributed by atoms with E-state index in [0.717, 1.165) is 16.7 Å². The molecule has 0 saturated carbocycles. The molecule has 1 aliphatic heterocycles. The van der Waals surface area contributed by atoms with Gasteiger partial charge in [0.2, 0.25) is 0 Å². The lowest BCUT2D eigenvalue weighted by molar-refractivity contribution is -0.123. The van der Waals surface area contributed by atoms with Crippen LogP contribution in [0.25, 0.3) is 6.08 Å². The van der Waals surface area contributed by atoms with Gasteiger partial charge in [0, 0.05) is 10.0 Å². The molecular weight excluding hydrogens is 397 g/mol. The summed E-state index contributed by atoms with van der Waals surface area (Å²) in [6, 6.07) is 9.57. The second kappa shape index (κ2) is 7.61. The monoisotopic (exact) mass is 409 g/mol. The Bertz CT molecular complexity index is 929. The SMILES string of the molecule is COc1cc(/C=C2/SC(=O)N(Cc3ccc(Cl)cc3Cl)C2=O)ccc1O. The van der Waals surface area contributed by atoms with E-state index in [1.807, 2.05) is 0 Å². The topological polar surface area (TPSA) is 66.8 Å². The maximum atomic E-state index is 12.6. The third-order valence-corrected chi connectivity index (χ3v) is 5.21. The van der Waals surface area contributed by atoms with Crippen molar-refractivity contribution in [3.63, 3.8) is 0 Å². The fourth-order valence-corrected chi connectivity index (χ4v) is 3.70. The number of hydrogen-bond acceptors (Lipinski definition) is 5. The van der Waals surface area contributed by atoms with Gasteiger partial charge in [0.25, 0.3) is 11.1 Å². The number of halogens is 2. The normalized spacial score (nSPS) is 15.8. The van der Waals surface area contributed by atoms with E-state index in [1.165, 1.54) is 13.2 Å². The molecule has 2 aromatic rings. The van der Waals surface area contributed by atoms with Gasteiger partial charge in [-0.2, -0.15) is 0 Å². The Morgan fingerprint density at radius 3 is 2.65 bits per heavy atom. The summed E-state index contributed by atoms with van der Waals surface area (Å²) < 4.78 is 5.05. The summed E-state index contributed by atoms with van der Waals surface area (Å²) in [6.45, 7) is 0.0664. The second-order valence-corrected chi connectivity index (χ2v) is 7.27. The Hall–Kier alpha value is -2.15. The van der Waals surface area contributed by atoms with Crippen LogP contribution in [0, 0.1) is 0 Å². The number of imide groups is 1. The number of phenolic OH excluding ortho intramolecular Hbond substituents is 1. The van der Waals surface area contributed by atoms with Crippen LogP contribution in [0.2, 0.25) is 10.0 Å². The number of carbonyl (C=O) groups excluding carboxylic acids is 2. The minimum absolute atomic E-state index is 0.00450. The first-order chi connectivity index (χ1) is 12.4. The van der Waals surface area contributed by atoms with Crippen LogP contribution in [0.1, 0.15) is 11.1 Å². The van der Waals surface area contributed by atoms with E-state index in [-0.39, 0.29) is 28.2 Å². The molecule has 1 fully saturated rings. The second-order valence-electron chi connectivity index (χ2n) is 5.43. The number of hydrogen-bond donors (Lipinski definition) is 1. The largest absolute Gasteiger partial charge is 0.504 e. The molecule has 26 heavy (non-hydrogen) atoms. The van der Waals surface area contributed by atoms with E-state index in [1.54, 1.807) is 36.4 Å². The molecule has 0 bridgehead atoms. The molecule has 0 spiro atoms. The zero-order chi connectivity index (χ0) is 18.8. The first-order valence-electron chi connectivity index (χ1n) is 7.45. The predicted octanol–water partition coefficient (Wildman–Crippen LogP) is 4.94. The number of ether oxygens (including phenoxy) is 1. The number of amides is 2. The molecule has 1 heterocycles. The third-order valence-electron chi connectivity index (χ3n) is 3.72. The number of carbonyl (C=O) groups is 2. The molecule has 0 radical (unpaired) electrons. The highest BCUT2D eigenvalue weighted by Gasteiger charge is 2.35. The molecule has 1 N–H and O–H groups in total. The molecule has 2 amide bonds. The molecule has 2 aromatic carbocycles. The number of aromatic hydroxyl groups is 1. The Kier molecular flexibility index (Phi) is 5.46. The molecular formula is C18H13Cl2NO4S. The zero-order valence-electron chi connectivity index (χ0n) is 13.5. The van der Waals surface area contributed by atoms with Crippen molar-refractivity contribution >= 4 is 52.2 Å². The fourth-order valence-electron chi connectivity index (χ4n) is 2.39. The van der Waals surface area contributed by atoms with Gasteiger partial charge in [0.15, 0.2) is 11.5 Å². The summed E-state index contributed by atoms with van der Waals surface area (Å²) in [4.78, 5) is 26.2. The number of benzene rings is 2. The Morgan fingerprint density at radius 1 is 1.19 bits per heavy atom. The maximum absolute atomic E-state index is 12.6. The summed E-state index contributed by atoms with van der Waals surface area (Å²) in [5.74, 6) is -0.126. The van der Waals surface area contributed by atoms with Gasteiger partial charge in [-0.05, 0) is 53.2 Å². The van der Waals surface area contributed by atoms with Crippen LogP contribution in [0.4, 0.5) is 4.79 Å². The van der Waals surface area contributed by atoms with Gasteiger partial charge in [0.1, 0.15) is 0 Å². The van der Waals surface area contributed by atoms with Crippen LogP contribution in [-0.4, -0.2) is 28.3 Å². The minimum Gasteiger partial charge on any atom is -0.504 e. The van der Waals surface area contributed by atoms with E-state index < -0.39 is 5.91 Å². The summed E-state index contributed by atoms with van der Waals surface area (Å²) >= 11 is 12.8. The first kappa shape index (κ1) is 18.6. The van der Waals surface area contributed by atoms with Crippen molar-refractivity contribution in [1.29, 1.82) is 0 Å². The third kappa shape index (κ3) is 3.82. The van der Waals surface area contributed by atoms with Crippen LogP contribution in [-0.2, 0) is 11.3 Å².